The van der Waals surface area contributed by atoms with Gasteiger partial charge in [-0.05, 0) is 29.6 Å². The van der Waals surface area contributed by atoms with E-state index >= 15 is 0 Å². The number of benzene rings is 1. The number of amides is 1. The minimum Gasteiger partial charge on any atom is -0.444 e. The van der Waals surface area contributed by atoms with Gasteiger partial charge in [0.1, 0.15) is 12.8 Å². The summed E-state index contributed by atoms with van der Waals surface area (Å²) in [7, 11) is 0. The van der Waals surface area contributed by atoms with E-state index in [-0.39, 0.29) is 6.54 Å². The van der Waals surface area contributed by atoms with Crippen LogP contribution < -0.4 is 5.73 Å². The van der Waals surface area contributed by atoms with E-state index in [0.717, 1.165) is 16.1 Å². The molecule has 142 valence electrons. The fraction of sp³-hybridized carbons (Fsp3) is 0.111. The molecule has 0 unspecified atom stereocenters. The number of carbonyl (C=O) groups is 1. The average molecular weight is 432 g/mol. The van der Waals surface area contributed by atoms with Gasteiger partial charge in [-0.25, -0.2) is 4.98 Å². The first-order chi connectivity index (χ1) is 13.6. The predicted octanol–water partition coefficient (Wildman–Crippen LogP) is 4.09. The zero-order valence-corrected chi connectivity index (χ0v) is 16.8. The predicted molar refractivity (Wildman–Crippen MR) is 109 cm³/mol. The number of oxazole rings is 1. The molecule has 28 heavy (non-hydrogen) atoms. The topological polar surface area (TPSA) is 99.8 Å². The highest BCUT2D eigenvalue weighted by Crippen LogP contribution is 2.29. The number of hydrogen-bond acceptors (Lipinski definition) is 7. The Morgan fingerprint density at radius 2 is 2.18 bits per heavy atom. The SMILES string of the molecule is NC(=O)Cn1c(SCc2coc(-c3cccc(Cl)c3)n2)nnc1-c1cccs1. The van der Waals surface area contributed by atoms with Crippen molar-refractivity contribution in [2.75, 3.05) is 0 Å². The van der Waals surface area contributed by atoms with E-state index in [1.807, 2.05) is 29.6 Å². The van der Waals surface area contributed by atoms with E-state index in [2.05, 4.69) is 15.2 Å². The van der Waals surface area contributed by atoms with E-state index < -0.39 is 5.91 Å². The highest BCUT2D eigenvalue weighted by Gasteiger charge is 2.17. The van der Waals surface area contributed by atoms with Crippen molar-refractivity contribution < 1.29 is 9.21 Å². The van der Waals surface area contributed by atoms with Crippen LogP contribution in [0.3, 0.4) is 0 Å². The average Bonchev–Trinajstić information content (AvgIpc) is 3.41. The number of rotatable bonds is 7. The van der Waals surface area contributed by atoms with Gasteiger partial charge in [-0.3, -0.25) is 9.36 Å². The van der Waals surface area contributed by atoms with Crippen molar-refractivity contribution >= 4 is 40.6 Å². The molecule has 0 atom stereocenters. The van der Waals surface area contributed by atoms with Gasteiger partial charge in [0.2, 0.25) is 11.8 Å². The van der Waals surface area contributed by atoms with Crippen LogP contribution in [0.15, 0.2) is 57.6 Å². The summed E-state index contributed by atoms with van der Waals surface area (Å²) in [6, 6.07) is 11.2. The first-order valence-corrected chi connectivity index (χ1v) is 10.4. The summed E-state index contributed by atoms with van der Waals surface area (Å²) in [5, 5.41) is 11.6. The molecule has 0 saturated heterocycles. The second-order valence-corrected chi connectivity index (χ2v) is 8.11. The standard InChI is InChI=1S/C18H14ClN5O2S2/c19-12-4-1-3-11(7-12)17-21-13(9-26-17)10-28-18-23-22-16(14-5-2-6-27-14)24(18)8-15(20)25/h1-7,9H,8,10H2,(H2,20,25). The molecule has 0 aliphatic carbocycles. The van der Waals surface area contributed by atoms with Crippen molar-refractivity contribution in [2.24, 2.45) is 5.73 Å². The van der Waals surface area contributed by atoms with Crippen LogP contribution in [0.25, 0.3) is 22.2 Å². The maximum atomic E-state index is 11.5. The first kappa shape index (κ1) is 18.7. The maximum Gasteiger partial charge on any atom is 0.237 e. The van der Waals surface area contributed by atoms with Crippen molar-refractivity contribution in [1.29, 1.82) is 0 Å². The summed E-state index contributed by atoms with van der Waals surface area (Å²) >= 11 is 8.95. The molecule has 0 bridgehead atoms. The highest BCUT2D eigenvalue weighted by atomic mass is 35.5. The van der Waals surface area contributed by atoms with Crippen LogP contribution >= 0.6 is 34.7 Å². The largest absolute Gasteiger partial charge is 0.444 e. The number of hydrogen-bond donors (Lipinski definition) is 1. The molecule has 0 radical (unpaired) electrons. The highest BCUT2D eigenvalue weighted by molar-refractivity contribution is 7.98. The Morgan fingerprint density at radius 3 is 2.93 bits per heavy atom. The number of thioether (sulfide) groups is 1. The fourth-order valence-electron chi connectivity index (χ4n) is 2.55. The molecule has 3 aromatic heterocycles. The number of thiophene rings is 1. The van der Waals surface area contributed by atoms with Gasteiger partial charge in [0, 0.05) is 16.3 Å². The number of halogens is 1. The van der Waals surface area contributed by atoms with Crippen LogP contribution in [0.5, 0.6) is 0 Å². The Morgan fingerprint density at radius 1 is 1.29 bits per heavy atom. The van der Waals surface area contributed by atoms with E-state index in [1.54, 1.807) is 23.0 Å². The van der Waals surface area contributed by atoms with Gasteiger partial charge in [0.25, 0.3) is 0 Å². The number of nitrogens with two attached hydrogens (primary N) is 1. The van der Waals surface area contributed by atoms with E-state index in [9.17, 15) is 4.79 Å². The molecule has 0 spiro atoms. The molecule has 10 heteroatoms. The first-order valence-electron chi connectivity index (χ1n) is 8.18. The number of carbonyl (C=O) groups excluding carboxylic acids is 1. The normalized spacial score (nSPS) is 11.0. The Bertz CT molecular complexity index is 1110. The number of nitrogens with zero attached hydrogens (tertiary/aromatic N) is 4. The van der Waals surface area contributed by atoms with Crippen LogP contribution in [0.1, 0.15) is 5.69 Å². The lowest BCUT2D eigenvalue weighted by Gasteiger charge is -2.06. The lowest BCUT2D eigenvalue weighted by atomic mass is 10.2. The van der Waals surface area contributed by atoms with Crippen LogP contribution in [0.4, 0.5) is 0 Å². The van der Waals surface area contributed by atoms with Gasteiger partial charge in [0.05, 0.1) is 10.6 Å². The van der Waals surface area contributed by atoms with Gasteiger partial charge in [-0.1, -0.05) is 35.5 Å². The fourth-order valence-corrected chi connectivity index (χ4v) is 4.27. The van der Waals surface area contributed by atoms with Crippen molar-refractivity contribution in [1.82, 2.24) is 19.7 Å². The minimum atomic E-state index is -0.455. The molecule has 4 rings (SSSR count). The lowest BCUT2D eigenvalue weighted by Crippen LogP contribution is -2.19. The summed E-state index contributed by atoms with van der Waals surface area (Å²) in [5.41, 5.74) is 6.95. The molecule has 0 saturated carbocycles. The van der Waals surface area contributed by atoms with Crippen LogP contribution in [0, 0.1) is 0 Å². The summed E-state index contributed by atoms with van der Waals surface area (Å²) in [6.07, 6.45) is 1.60. The smallest absolute Gasteiger partial charge is 0.237 e. The summed E-state index contributed by atoms with van der Waals surface area (Å²) in [4.78, 5) is 16.9. The van der Waals surface area contributed by atoms with Gasteiger partial charge in [-0.2, -0.15) is 0 Å². The third kappa shape index (κ3) is 4.11. The summed E-state index contributed by atoms with van der Waals surface area (Å²) in [5.74, 6) is 1.17. The molecule has 0 fully saturated rings. The summed E-state index contributed by atoms with van der Waals surface area (Å²) in [6.45, 7) is 0.00907. The van der Waals surface area contributed by atoms with Crippen molar-refractivity contribution in [3.8, 4) is 22.2 Å². The molecule has 7 nitrogen and oxygen atoms in total. The second kappa shape index (κ2) is 8.17. The third-order valence-corrected chi connectivity index (χ3v) is 5.85. The lowest BCUT2D eigenvalue weighted by molar-refractivity contribution is -0.118. The van der Waals surface area contributed by atoms with E-state index in [1.165, 1.54) is 23.1 Å². The Hall–Kier alpha value is -2.62. The molecule has 0 aliphatic heterocycles. The van der Waals surface area contributed by atoms with Gasteiger partial charge < -0.3 is 10.2 Å². The molecule has 0 aliphatic rings. The number of aromatic nitrogens is 4. The zero-order chi connectivity index (χ0) is 19.5. The molecule has 1 aromatic carbocycles. The zero-order valence-electron chi connectivity index (χ0n) is 14.4. The van der Waals surface area contributed by atoms with Crippen LogP contribution in [-0.2, 0) is 17.1 Å². The monoisotopic (exact) mass is 431 g/mol. The van der Waals surface area contributed by atoms with Crippen molar-refractivity contribution in [3.05, 3.63) is 58.8 Å². The maximum absolute atomic E-state index is 11.5. The Kier molecular flexibility index (Phi) is 5.47. The van der Waals surface area contributed by atoms with Crippen LogP contribution in [-0.4, -0.2) is 25.7 Å². The quantitative estimate of drug-likeness (QED) is 0.442. The minimum absolute atomic E-state index is 0.00907. The molecule has 3 heterocycles. The Balaban J connectivity index is 1.53. The van der Waals surface area contributed by atoms with E-state index in [4.69, 9.17) is 21.8 Å². The van der Waals surface area contributed by atoms with E-state index in [0.29, 0.717) is 27.6 Å². The van der Waals surface area contributed by atoms with Gasteiger partial charge in [0.15, 0.2) is 11.0 Å². The van der Waals surface area contributed by atoms with Crippen molar-refractivity contribution in [2.45, 2.75) is 17.5 Å². The molecule has 1 amide bonds. The molecule has 4 aromatic rings. The Labute approximate surface area is 173 Å². The number of primary amides is 1. The second-order valence-electron chi connectivity index (χ2n) is 5.78. The van der Waals surface area contributed by atoms with Crippen LogP contribution in [0.2, 0.25) is 5.02 Å². The molecule has 2 N–H and O–H groups in total. The molecular formula is C18H14ClN5O2S2. The third-order valence-electron chi connectivity index (χ3n) is 3.74. The summed E-state index contributed by atoms with van der Waals surface area (Å²) < 4.78 is 7.27. The van der Waals surface area contributed by atoms with Gasteiger partial charge in [-0.15, -0.1) is 21.5 Å². The van der Waals surface area contributed by atoms with Gasteiger partial charge >= 0.3 is 0 Å². The molecular weight excluding hydrogens is 418 g/mol. The van der Waals surface area contributed by atoms with Crippen molar-refractivity contribution in [3.63, 3.8) is 0 Å².